The van der Waals surface area contributed by atoms with Crippen LogP contribution in [0, 0.1) is 0 Å². The quantitative estimate of drug-likeness (QED) is 0.344. The molecule has 0 spiro atoms. The molecule has 3 heterocycles. The molecule has 0 aliphatic carbocycles. The molecule has 0 bridgehead atoms. The average molecular weight is 393 g/mol. The van der Waals surface area contributed by atoms with E-state index in [0.29, 0.717) is 12.3 Å². The smallest absolute Gasteiger partial charge is 0.192 e. The fraction of sp³-hybridized carbons (Fsp3) is 0.100. The summed E-state index contributed by atoms with van der Waals surface area (Å²) in [6.45, 7) is 0.640. The van der Waals surface area contributed by atoms with Gasteiger partial charge >= 0.3 is 0 Å². The van der Waals surface area contributed by atoms with Crippen LogP contribution in [0.25, 0.3) is 11.4 Å². The van der Waals surface area contributed by atoms with Crippen LogP contribution in [0.5, 0.6) is 0 Å². The maximum Gasteiger partial charge on any atom is 0.192 e. The first kappa shape index (κ1) is 17.6. The monoisotopic (exact) mass is 392 g/mol. The summed E-state index contributed by atoms with van der Waals surface area (Å²) in [5.74, 6) is 1.21. The van der Waals surface area contributed by atoms with E-state index < -0.39 is 0 Å². The molecule has 27 heavy (non-hydrogen) atoms. The molecule has 0 unspecified atom stereocenters. The van der Waals surface area contributed by atoms with Crippen molar-refractivity contribution in [2.24, 2.45) is 0 Å². The second-order valence-electron chi connectivity index (χ2n) is 5.80. The summed E-state index contributed by atoms with van der Waals surface area (Å²) in [6.07, 6.45) is 3.48. The van der Waals surface area contributed by atoms with Crippen LogP contribution in [0.15, 0.2) is 77.5 Å². The Labute approximate surface area is 165 Å². The number of benzene rings is 1. The molecule has 0 N–H and O–H groups in total. The first-order valence-electron chi connectivity index (χ1n) is 8.38. The highest BCUT2D eigenvalue weighted by Crippen LogP contribution is 2.26. The van der Waals surface area contributed by atoms with Gasteiger partial charge in [0.25, 0.3) is 0 Å². The van der Waals surface area contributed by atoms with Crippen LogP contribution in [-0.2, 0) is 6.54 Å². The van der Waals surface area contributed by atoms with Crippen molar-refractivity contribution < 1.29 is 4.79 Å². The van der Waals surface area contributed by atoms with Crippen molar-refractivity contribution in [3.05, 3.63) is 82.8 Å². The molecule has 0 fully saturated rings. The molecule has 0 radical (unpaired) electrons. The highest BCUT2D eigenvalue weighted by molar-refractivity contribution is 7.99. The van der Waals surface area contributed by atoms with Crippen LogP contribution >= 0.6 is 23.1 Å². The zero-order valence-corrected chi connectivity index (χ0v) is 16.0. The van der Waals surface area contributed by atoms with Gasteiger partial charge in [-0.15, -0.1) is 21.5 Å². The fourth-order valence-electron chi connectivity index (χ4n) is 2.66. The molecule has 4 rings (SSSR count). The number of pyridine rings is 1. The Balaban J connectivity index is 1.62. The third-order valence-electron chi connectivity index (χ3n) is 3.97. The Bertz CT molecular complexity index is 1010. The lowest BCUT2D eigenvalue weighted by atomic mass is 10.2. The SMILES string of the molecule is O=C(CSc1nnc(-c2ccncc2)n1Cc1ccccc1)c1cccs1. The van der Waals surface area contributed by atoms with Gasteiger partial charge in [-0.25, -0.2) is 0 Å². The summed E-state index contributed by atoms with van der Waals surface area (Å²) in [6, 6.07) is 17.7. The number of aromatic nitrogens is 4. The van der Waals surface area contributed by atoms with Gasteiger partial charge in [-0.2, -0.15) is 0 Å². The van der Waals surface area contributed by atoms with Crippen molar-refractivity contribution in [1.29, 1.82) is 0 Å². The number of ketones is 1. The Morgan fingerprint density at radius 1 is 1.00 bits per heavy atom. The third-order valence-corrected chi connectivity index (χ3v) is 5.84. The third kappa shape index (κ3) is 4.15. The molecule has 0 atom stereocenters. The van der Waals surface area contributed by atoms with E-state index >= 15 is 0 Å². The van der Waals surface area contributed by atoms with Gasteiger partial charge < -0.3 is 0 Å². The maximum atomic E-state index is 12.3. The van der Waals surface area contributed by atoms with E-state index in [1.165, 1.54) is 23.1 Å². The number of carbonyl (C=O) groups is 1. The van der Waals surface area contributed by atoms with Crippen LogP contribution in [-0.4, -0.2) is 31.3 Å². The molecule has 3 aromatic heterocycles. The minimum atomic E-state index is 0.106. The van der Waals surface area contributed by atoms with Crippen LogP contribution in [0.3, 0.4) is 0 Å². The van der Waals surface area contributed by atoms with E-state index in [-0.39, 0.29) is 5.78 Å². The van der Waals surface area contributed by atoms with Crippen LogP contribution in [0.1, 0.15) is 15.2 Å². The molecule has 1 aromatic carbocycles. The number of thiophene rings is 1. The van der Waals surface area contributed by atoms with Crippen molar-refractivity contribution in [2.45, 2.75) is 11.7 Å². The number of nitrogens with zero attached hydrogens (tertiary/aromatic N) is 4. The number of rotatable bonds is 7. The minimum absolute atomic E-state index is 0.106. The standard InChI is InChI=1S/C20H16N4OS2/c25-17(18-7-4-12-26-18)14-27-20-23-22-19(16-8-10-21-11-9-16)24(20)13-15-5-2-1-3-6-15/h1-12H,13-14H2. The summed E-state index contributed by atoms with van der Waals surface area (Å²) in [7, 11) is 0. The molecule has 0 aliphatic heterocycles. The molecule has 4 aromatic rings. The summed E-state index contributed by atoms with van der Waals surface area (Å²) >= 11 is 2.88. The summed E-state index contributed by atoms with van der Waals surface area (Å²) in [5.41, 5.74) is 2.10. The summed E-state index contributed by atoms with van der Waals surface area (Å²) < 4.78 is 2.05. The predicted molar refractivity (Wildman–Crippen MR) is 108 cm³/mol. The lowest BCUT2D eigenvalue weighted by molar-refractivity contribution is 0.102. The first-order chi connectivity index (χ1) is 13.3. The topological polar surface area (TPSA) is 60.7 Å². The van der Waals surface area contributed by atoms with Gasteiger partial charge in [0.1, 0.15) is 0 Å². The highest BCUT2D eigenvalue weighted by atomic mass is 32.2. The van der Waals surface area contributed by atoms with Gasteiger partial charge in [0.15, 0.2) is 16.8 Å². The van der Waals surface area contributed by atoms with E-state index in [0.717, 1.165) is 27.0 Å². The molecular formula is C20H16N4OS2. The Morgan fingerprint density at radius 2 is 1.81 bits per heavy atom. The van der Waals surface area contributed by atoms with Gasteiger partial charge in [0.2, 0.25) is 0 Å². The van der Waals surface area contributed by atoms with E-state index in [2.05, 4.69) is 31.9 Å². The van der Waals surface area contributed by atoms with Gasteiger partial charge in [0.05, 0.1) is 17.2 Å². The first-order valence-corrected chi connectivity index (χ1v) is 10.2. The van der Waals surface area contributed by atoms with Crippen LogP contribution in [0.4, 0.5) is 0 Å². The predicted octanol–water partition coefficient (Wildman–Crippen LogP) is 4.42. The van der Waals surface area contributed by atoms with E-state index in [4.69, 9.17) is 0 Å². The summed E-state index contributed by atoms with van der Waals surface area (Å²) in [5, 5.41) is 11.4. The zero-order valence-electron chi connectivity index (χ0n) is 14.4. The number of hydrogen-bond acceptors (Lipinski definition) is 6. The highest BCUT2D eigenvalue weighted by Gasteiger charge is 2.17. The zero-order chi connectivity index (χ0) is 18.5. The van der Waals surface area contributed by atoms with Gasteiger partial charge in [0, 0.05) is 18.0 Å². The number of Topliss-reactive ketones (excluding diaryl/α,β-unsaturated/α-hetero) is 1. The van der Waals surface area contributed by atoms with Gasteiger partial charge in [-0.05, 0) is 29.1 Å². The van der Waals surface area contributed by atoms with E-state index in [1.807, 2.05) is 47.8 Å². The second kappa shape index (κ2) is 8.28. The van der Waals surface area contributed by atoms with Crippen molar-refractivity contribution >= 4 is 28.9 Å². The van der Waals surface area contributed by atoms with E-state index in [1.54, 1.807) is 12.4 Å². The van der Waals surface area contributed by atoms with Crippen molar-refractivity contribution in [3.63, 3.8) is 0 Å². The summed E-state index contributed by atoms with van der Waals surface area (Å²) in [4.78, 5) is 17.2. The molecule has 0 saturated carbocycles. The van der Waals surface area contributed by atoms with Gasteiger partial charge in [-0.3, -0.25) is 14.3 Å². The molecule has 0 amide bonds. The second-order valence-corrected chi connectivity index (χ2v) is 7.69. The number of thioether (sulfide) groups is 1. The Morgan fingerprint density at radius 3 is 2.56 bits per heavy atom. The van der Waals surface area contributed by atoms with Crippen molar-refractivity contribution in [2.75, 3.05) is 5.75 Å². The molecule has 0 aliphatic rings. The average Bonchev–Trinajstić information content (AvgIpc) is 3.38. The van der Waals surface area contributed by atoms with Crippen LogP contribution < -0.4 is 0 Å². The normalized spacial score (nSPS) is 10.8. The van der Waals surface area contributed by atoms with Crippen LogP contribution in [0.2, 0.25) is 0 Å². The van der Waals surface area contributed by atoms with E-state index in [9.17, 15) is 4.79 Å². The lowest BCUT2D eigenvalue weighted by Gasteiger charge is -2.10. The molecule has 0 saturated heterocycles. The molecule has 5 nitrogen and oxygen atoms in total. The van der Waals surface area contributed by atoms with Gasteiger partial charge in [-0.1, -0.05) is 48.2 Å². The number of carbonyl (C=O) groups excluding carboxylic acids is 1. The van der Waals surface area contributed by atoms with Crippen molar-refractivity contribution in [3.8, 4) is 11.4 Å². The molecule has 134 valence electrons. The lowest BCUT2D eigenvalue weighted by Crippen LogP contribution is -2.06. The van der Waals surface area contributed by atoms with Crippen molar-refractivity contribution in [1.82, 2.24) is 19.7 Å². The largest absolute Gasteiger partial charge is 0.298 e. The minimum Gasteiger partial charge on any atom is -0.298 e. The Kier molecular flexibility index (Phi) is 5.41. The molecule has 7 heteroatoms. The Hall–Kier alpha value is -2.77. The fourth-order valence-corrected chi connectivity index (χ4v) is 4.23. The molecular weight excluding hydrogens is 376 g/mol. The number of hydrogen-bond donors (Lipinski definition) is 0. The maximum absolute atomic E-state index is 12.3.